The summed E-state index contributed by atoms with van der Waals surface area (Å²) in [4.78, 5) is 6.79. The lowest BCUT2D eigenvalue weighted by Crippen LogP contribution is -2.51. The number of anilines is 1. The number of hydrogen-bond acceptors (Lipinski definition) is 3. The highest BCUT2D eigenvalue weighted by atomic mass is 127. The third-order valence-electron chi connectivity index (χ3n) is 4.82. The van der Waals surface area contributed by atoms with Crippen molar-refractivity contribution in [1.29, 1.82) is 0 Å². The summed E-state index contributed by atoms with van der Waals surface area (Å²) in [5, 5.41) is 11.3. The summed E-state index contributed by atoms with van der Waals surface area (Å²) in [6.45, 7) is 3.14. The van der Waals surface area contributed by atoms with Crippen LogP contribution in [0.4, 0.5) is 5.69 Å². The molecule has 3 rings (SSSR count). The van der Waals surface area contributed by atoms with Gasteiger partial charge in [-0.25, -0.2) is 0 Å². The maximum Gasteiger partial charge on any atom is 0.191 e. The molecule has 1 aromatic rings. The first-order valence-electron chi connectivity index (χ1n) is 8.95. The van der Waals surface area contributed by atoms with Crippen molar-refractivity contribution in [2.24, 2.45) is 18.0 Å². The number of aryl methyl sites for hydroxylation is 1. The molecular weight excluding hydrogens is 415 g/mol. The molecule has 136 valence electrons. The van der Waals surface area contributed by atoms with Crippen molar-refractivity contribution in [3.63, 3.8) is 0 Å². The van der Waals surface area contributed by atoms with Crippen molar-refractivity contribution in [2.45, 2.75) is 44.6 Å². The minimum absolute atomic E-state index is 0. The van der Waals surface area contributed by atoms with Crippen LogP contribution >= 0.6 is 24.0 Å². The highest BCUT2D eigenvalue weighted by Crippen LogP contribution is 2.33. The minimum atomic E-state index is 0. The van der Waals surface area contributed by atoms with E-state index in [1.165, 1.54) is 44.2 Å². The molecule has 1 atom stereocenters. The summed E-state index contributed by atoms with van der Waals surface area (Å²) >= 11 is 0. The van der Waals surface area contributed by atoms with Crippen molar-refractivity contribution in [3.8, 4) is 0 Å². The lowest BCUT2D eigenvalue weighted by molar-refractivity contribution is 0.467. The smallest absolute Gasteiger partial charge is 0.191 e. The van der Waals surface area contributed by atoms with Crippen LogP contribution in [0.25, 0.3) is 0 Å². The maximum absolute atomic E-state index is 4.38. The van der Waals surface area contributed by atoms with Crippen LogP contribution in [0.5, 0.6) is 0 Å². The molecule has 1 saturated carbocycles. The molecule has 6 nitrogen and oxygen atoms in total. The first-order chi connectivity index (χ1) is 11.2. The van der Waals surface area contributed by atoms with Gasteiger partial charge in [-0.1, -0.05) is 12.8 Å². The number of rotatable bonds is 6. The molecule has 7 heteroatoms. The Hall–Kier alpha value is -0.990. The summed E-state index contributed by atoms with van der Waals surface area (Å²) in [6.07, 6.45) is 11.9. The number of nitrogens with one attached hydrogen (secondary N) is 2. The van der Waals surface area contributed by atoms with Crippen LogP contribution in [0, 0.1) is 5.92 Å². The van der Waals surface area contributed by atoms with Gasteiger partial charge in [0.05, 0.1) is 11.9 Å². The van der Waals surface area contributed by atoms with Gasteiger partial charge in [-0.2, -0.15) is 5.10 Å². The van der Waals surface area contributed by atoms with Gasteiger partial charge < -0.3 is 15.5 Å². The van der Waals surface area contributed by atoms with Crippen LogP contribution in [0.1, 0.15) is 38.5 Å². The van der Waals surface area contributed by atoms with E-state index >= 15 is 0 Å². The van der Waals surface area contributed by atoms with Gasteiger partial charge in [0.2, 0.25) is 0 Å². The number of nitrogens with zero attached hydrogens (tertiary/aromatic N) is 4. The van der Waals surface area contributed by atoms with E-state index in [9.17, 15) is 0 Å². The molecule has 24 heavy (non-hydrogen) atoms. The van der Waals surface area contributed by atoms with Gasteiger partial charge >= 0.3 is 0 Å². The standard InChI is InChI=1S/C17H30N6.HI/c1-18-17(19-9-3-5-14-7-8-14)21-15-6-4-10-23(12-15)16-11-20-22(2)13-16;/h11,13-15H,3-10,12H2,1-2H3,(H2,18,19,21);1H. The Morgan fingerprint density at radius 2 is 2.21 bits per heavy atom. The molecule has 1 aliphatic heterocycles. The highest BCUT2D eigenvalue weighted by Gasteiger charge is 2.22. The van der Waals surface area contributed by atoms with Crippen molar-refractivity contribution < 1.29 is 0 Å². The SMILES string of the molecule is CN=C(NCCCC1CC1)NC1CCCN(c2cnn(C)c2)C1.I. The van der Waals surface area contributed by atoms with E-state index in [-0.39, 0.29) is 24.0 Å². The molecule has 2 aliphatic rings. The Labute approximate surface area is 162 Å². The molecule has 2 N–H and O–H groups in total. The molecular formula is C17H31IN6. The normalized spacial score (nSPS) is 21.3. The fraction of sp³-hybridized carbons (Fsp3) is 0.765. The molecule has 1 aliphatic carbocycles. The topological polar surface area (TPSA) is 57.5 Å². The summed E-state index contributed by atoms with van der Waals surface area (Å²) in [5.41, 5.74) is 1.21. The zero-order valence-corrected chi connectivity index (χ0v) is 17.2. The second-order valence-electron chi connectivity index (χ2n) is 6.89. The van der Waals surface area contributed by atoms with Gasteiger partial charge in [0.15, 0.2) is 5.96 Å². The number of aromatic nitrogens is 2. The molecule has 0 spiro atoms. The second kappa shape index (κ2) is 9.48. The Balaban J connectivity index is 0.00000208. The van der Waals surface area contributed by atoms with Gasteiger partial charge in [-0.05, 0) is 31.6 Å². The molecule has 1 saturated heterocycles. The van der Waals surface area contributed by atoms with Gasteiger partial charge in [0.1, 0.15) is 0 Å². The summed E-state index contributed by atoms with van der Waals surface area (Å²) in [6, 6.07) is 0.443. The zero-order chi connectivity index (χ0) is 16.1. The van der Waals surface area contributed by atoms with Crippen molar-refractivity contribution in [1.82, 2.24) is 20.4 Å². The van der Waals surface area contributed by atoms with Gasteiger partial charge in [0.25, 0.3) is 0 Å². The van der Waals surface area contributed by atoms with Crippen molar-refractivity contribution in [3.05, 3.63) is 12.4 Å². The first kappa shape index (κ1) is 19.3. The van der Waals surface area contributed by atoms with Crippen LogP contribution in [0.2, 0.25) is 0 Å². The van der Waals surface area contributed by atoms with E-state index in [0.717, 1.165) is 31.5 Å². The molecule has 0 amide bonds. The van der Waals surface area contributed by atoms with Crippen molar-refractivity contribution >= 4 is 35.6 Å². The zero-order valence-electron chi connectivity index (χ0n) is 14.9. The molecule has 0 radical (unpaired) electrons. The monoisotopic (exact) mass is 446 g/mol. The Kier molecular flexibility index (Phi) is 7.64. The number of piperidine rings is 1. The van der Waals surface area contributed by atoms with Gasteiger partial charge in [-0.3, -0.25) is 9.67 Å². The lowest BCUT2D eigenvalue weighted by atomic mass is 10.1. The highest BCUT2D eigenvalue weighted by molar-refractivity contribution is 14.0. The van der Waals surface area contributed by atoms with Crippen LogP contribution in [-0.2, 0) is 7.05 Å². The molecule has 0 bridgehead atoms. The largest absolute Gasteiger partial charge is 0.367 e. The molecule has 0 aromatic carbocycles. The van der Waals surface area contributed by atoms with E-state index < -0.39 is 0 Å². The van der Waals surface area contributed by atoms with Crippen molar-refractivity contribution in [2.75, 3.05) is 31.6 Å². The van der Waals surface area contributed by atoms with E-state index in [0.29, 0.717) is 6.04 Å². The van der Waals surface area contributed by atoms with Crippen LogP contribution in [0.15, 0.2) is 17.4 Å². The fourth-order valence-electron chi connectivity index (χ4n) is 3.29. The van der Waals surface area contributed by atoms with E-state index in [1.807, 2.05) is 25.0 Å². The van der Waals surface area contributed by atoms with Crippen LogP contribution in [-0.4, -0.2) is 48.5 Å². The van der Waals surface area contributed by atoms with E-state index in [2.05, 4.69) is 31.8 Å². The maximum atomic E-state index is 4.38. The minimum Gasteiger partial charge on any atom is -0.367 e. The summed E-state index contributed by atoms with van der Waals surface area (Å²) < 4.78 is 1.87. The molecule has 2 heterocycles. The average molecular weight is 446 g/mol. The van der Waals surface area contributed by atoms with Crippen LogP contribution < -0.4 is 15.5 Å². The molecule has 1 unspecified atom stereocenters. The second-order valence-corrected chi connectivity index (χ2v) is 6.89. The third kappa shape index (κ3) is 5.82. The van der Waals surface area contributed by atoms with E-state index in [1.54, 1.807) is 0 Å². The van der Waals surface area contributed by atoms with Gasteiger partial charge in [0, 0.05) is 46.0 Å². The predicted octanol–water partition coefficient (Wildman–Crippen LogP) is 2.36. The molecule has 1 aromatic heterocycles. The first-order valence-corrected chi connectivity index (χ1v) is 8.95. The number of guanidine groups is 1. The average Bonchev–Trinajstić information content (AvgIpc) is 3.29. The van der Waals surface area contributed by atoms with Gasteiger partial charge in [-0.15, -0.1) is 24.0 Å². The lowest BCUT2D eigenvalue weighted by Gasteiger charge is -2.34. The predicted molar refractivity (Wildman–Crippen MR) is 110 cm³/mol. The number of halogens is 1. The molecule has 2 fully saturated rings. The Morgan fingerprint density at radius 3 is 2.88 bits per heavy atom. The Bertz CT molecular complexity index is 525. The third-order valence-corrected chi connectivity index (χ3v) is 4.82. The van der Waals surface area contributed by atoms with E-state index in [4.69, 9.17) is 0 Å². The number of hydrogen-bond donors (Lipinski definition) is 2. The Morgan fingerprint density at radius 1 is 1.38 bits per heavy atom. The quantitative estimate of drug-likeness (QED) is 0.305. The van der Waals surface area contributed by atoms with Crippen LogP contribution in [0.3, 0.4) is 0 Å². The fourth-order valence-corrected chi connectivity index (χ4v) is 3.29. The summed E-state index contributed by atoms with van der Waals surface area (Å²) in [7, 11) is 3.83. The summed E-state index contributed by atoms with van der Waals surface area (Å²) in [5.74, 6) is 1.96. The number of aliphatic imine (C=N–C) groups is 1.